The second kappa shape index (κ2) is 20.4. The van der Waals surface area contributed by atoms with Crippen LogP contribution < -0.4 is 34.3 Å². The van der Waals surface area contributed by atoms with Gasteiger partial charge in [0.15, 0.2) is 17.3 Å². The summed E-state index contributed by atoms with van der Waals surface area (Å²) in [6, 6.07) is 56.9. The summed E-state index contributed by atoms with van der Waals surface area (Å²) in [5.41, 5.74) is 11.2. The van der Waals surface area contributed by atoms with Crippen molar-refractivity contribution in [3.8, 4) is 45.0 Å². The first-order valence-corrected chi connectivity index (χ1v) is 22.4. The van der Waals surface area contributed by atoms with Crippen LogP contribution in [0.4, 0.5) is 0 Å². The molecular weight excluding hydrogens is 1100 g/mol. The Labute approximate surface area is 424 Å². The predicted molar refractivity (Wildman–Crippen MR) is 266 cm³/mol. The molecule has 69 heavy (non-hydrogen) atoms. The van der Waals surface area contributed by atoms with Gasteiger partial charge in [-0.3, -0.25) is 9.97 Å². The van der Waals surface area contributed by atoms with E-state index in [1.165, 1.54) is 0 Å². The summed E-state index contributed by atoms with van der Waals surface area (Å²) < 4.78 is 11.5. The number of fused-ring (bicyclic) bond motifs is 11. The van der Waals surface area contributed by atoms with Crippen molar-refractivity contribution in [2.24, 2.45) is 0 Å². The molecular formula is C55H36Cl2N8O2OsS+4. The Hall–Kier alpha value is -7.45. The van der Waals surface area contributed by atoms with E-state index in [0.29, 0.717) is 13.2 Å². The number of aromatic nitrogens is 8. The quantitative estimate of drug-likeness (QED) is 0.185. The third kappa shape index (κ3) is 9.16. The Morgan fingerprint density at radius 3 is 1.32 bits per heavy atom. The zero-order valence-electron chi connectivity index (χ0n) is 36.3. The van der Waals surface area contributed by atoms with Crippen molar-refractivity contribution in [1.82, 2.24) is 39.9 Å². The fraction of sp³-hybridized carbons (Fsp3) is 0.0364. The van der Waals surface area contributed by atoms with Crippen molar-refractivity contribution in [2.45, 2.75) is 0 Å². The number of para-hydroxylation sites is 4. The first kappa shape index (κ1) is 46.6. The van der Waals surface area contributed by atoms with E-state index in [2.05, 4.69) is 83.4 Å². The average molecular weight is 1130 g/mol. The first-order chi connectivity index (χ1) is 32.7. The smallest absolute Gasteiger partial charge is 1.00 e. The summed E-state index contributed by atoms with van der Waals surface area (Å²) in [5.74, 6) is 2.33. The van der Waals surface area contributed by atoms with E-state index in [0.717, 1.165) is 121 Å². The molecule has 14 heteroatoms. The van der Waals surface area contributed by atoms with Crippen LogP contribution in [-0.2, 0) is 19.8 Å². The number of pyridine rings is 6. The van der Waals surface area contributed by atoms with E-state index in [4.69, 9.17) is 14.5 Å². The fourth-order valence-corrected chi connectivity index (χ4v) is 9.19. The van der Waals surface area contributed by atoms with Crippen LogP contribution in [0.15, 0.2) is 188 Å². The SMILES string of the molecule is [Cl-].[Cl-].[Os+6].c1ccc2nc(-c3ccc4ccccc4n3)ccc2c1.c1ccc2nc(-c3ccc4ccccc4n3)ccc2c1.c1cnc2c(c1)c1nc(-c3scc4c3OCCO4)[nH]c1c1cccnc12. The van der Waals surface area contributed by atoms with Crippen LogP contribution in [0.5, 0.6) is 11.5 Å². The van der Waals surface area contributed by atoms with Crippen molar-refractivity contribution >= 4 is 87.8 Å². The van der Waals surface area contributed by atoms with E-state index in [1.807, 2.05) is 127 Å². The van der Waals surface area contributed by atoms with Gasteiger partial charge in [0.2, 0.25) is 0 Å². The number of H-pyrrole nitrogens is 1. The Kier molecular flexibility index (Phi) is 13.8. The molecule has 0 amide bonds. The number of imidazole rings is 1. The molecule has 0 bridgehead atoms. The molecule has 0 saturated heterocycles. The Bertz CT molecular complexity index is 3580. The molecule has 1 aliphatic heterocycles. The number of thiophene rings is 1. The second-order valence-corrected chi connectivity index (χ2v) is 16.5. The number of nitrogens with zero attached hydrogens (tertiary/aromatic N) is 7. The molecule has 0 aliphatic carbocycles. The summed E-state index contributed by atoms with van der Waals surface area (Å²) in [6.45, 7) is 1.13. The van der Waals surface area contributed by atoms with Crippen LogP contribution in [0.1, 0.15) is 0 Å². The van der Waals surface area contributed by atoms with Crippen molar-refractivity contribution in [3.63, 3.8) is 0 Å². The maximum atomic E-state index is 5.82. The maximum Gasteiger partial charge on any atom is 6.00 e. The number of aromatic amines is 1. The molecule has 1 aliphatic rings. The van der Waals surface area contributed by atoms with Gasteiger partial charge < -0.3 is 39.3 Å². The van der Waals surface area contributed by atoms with E-state index in [-0.39, 0.29) is 44.6 Å². The van der Waals surface area contributed by atoms with Gasteiger partial charge in [-0.15, -0.1) is 11.3 Å². The van der Waals surface area contributed by atoms with Crippen molar-refractivity contribution in [3.05, 3.63) is 188 Å². The van der Waals surface area contributed by atoms with Gasteiger partial charge in [-0.1, -0.05) is 97.1 Å². The average Bonchev–Trinajstić information content (AvgIpc) is 4.04. The topological polar surface area (TPSA) is 124 Å². The maximum absolute atomic E-state index is 5.82. The van der Waals surface area contributed by atoms with Crippen LogP contribution in [0.2, 0.25) is 0 Å². The van der Waals surface area contributed by atoms with E-state index in [9.17, 15) is 0 Å². The molecule has 9 heterocycles. The van der Waals surface area contributed by atoms with Crippen molar-refractivity contribution in [1.29, 1.82) is 0 Å². The minimum Gasteiger partial charge on any atom is -1.00 e. The molecule has 1 N–H and O–H groups in total. The largest absolute Gasteiger partial charge is 6.00 e. The van der Waals surface area contributed by atoms with Crippen LogP contribution in [-0.4, -0.2) is 53.1 Å². The molecule has 14 rings (SSSR count). The number of hydrogen-bond donors (Lipinski definition) is 1. The predicted octanol–water partition coefficient (Wildman–Crippen LogP) is 7.06. The molecule has 0 unspecified atom stereocenters. The number of benzene rings is 5. The Balaban J connectivity index is 0.000000128. The molecule has 5 aromatic carbocycles. The molecule has 0 spiro atoms. The summed E-state index contributed by atoms with van der Waals surface area (Å²) in [7, 11) is 0. The van der Waals surface area contributed by atoms with Crippen LogP contribution in [0.3, 0.4) is 0 Å². The van der Waals surface area contributed by atoms with Crippen LogP contribution in [0.25, 0.3) is 110 Å². The van der Waals surface area contributed by atoms with E-state index in [1.54, 1.807) is 23.7 Å². The van der Waals surface area contributed by atoms with Gasteiger partial charge in [-0.2, -0.15) is 0 Å². The zero-order chi connectivity index (χ0) is 43.8. The summed E-state index contributed by atoms with van der Waals surface area (Å²) in [6.07, 6.45) is 3.58. The molecule has 0 radical (unpaired) electrons. The van der Waals surface area contributed by atoms with Crippen LogP contribution in [0, 0.1) is 0 Å². The normalized spacial score (nSPS) is 11.5. The minimum atomic E-state index is 0. The van der Waals surface area contributed by atoms with Gasteiger partial charge in [0, 0.05) is 50.1 Å². The molecule has 10 nitrogen and oxygen atoms in total. The standard InChI is InChI=1S/C19H12N4O2S.2C18H12N2.2ClH.Os/c1-3-10-13(20-5-1)14-11(4-2-6-21-14)16-15(10)22-19(23-16)18-17-12(9-26-18)24-7-8-25-17;2*1-3-7-15-13(5-1)9-11-17(19-15)18-12-10-14-6-2-4-8-16(14)20-18;;;/h1-6,9H,7-8H2,(H,22,23);2*1-12H;2*1H;/q;;;;;+6/p-2. The summed E-state index contributed by atoms with van der Waals surface area (Å²) in [5, 5.41) is 8.56. The number of ether oxygens (including phenoxy) is 2. The molecule has 332 valence electrons. The fourth-order valence-electron chi connectivity index (χ4n) is 8.31. The van der Waals surface area contributed by atoms with Crippen LogP contribution >= 0.6 is 11.3 Å². The van der Waals surface area contributed by atoms with Gasteiger partial charge in [0.05, 0.1) is 66.9 Å². The molecule has 0 fully saturated rings. The van der Waals surface area contributed by atoms with Gasteiger partial charge >= 0.3 is 19.8 Å². The molecule has 0 saturated carbocycles. The molecule has 13 aromatic rings. The van der Waals surface area contributed by atoms with Gasteiger partial charge in [0.25, 0.3) is 0 Å². The second-order valence-electron chi connectivity index (χ2n) is 15.6. The summed E-state index contributed by atoms with van der Waals surface area (Å²) >= 11 is 1.57. The molecule has 0 atom stereocenters. The van der Waals surface area contributed by atoms with Gasteiger partial charge in [0.1, 0.15) is 18.1 Å². The zero-order valence-corrected chi connectivity index (χ0v) is 41.1. The van der Waals surface area contributed by atoms with E-state index >= 15 is 0 Å². The van der Waals surface area contributed by atoms with E-state index < -0.39 is 0 Å². The van der Waals surface area contributed by atoms with Crippen molar-refractivity contribution < 1.29 is 54.1 Å². The number of rotatable bonds is 3. The monoisotopic (exact) mass is 1130 g/mol. The number of hydrogen-bond acceptors (Lipinski definition) is 10. The first-order valence-electron chi connectivity index (χ1n) is 21.5. The third-order valence-electron chi connectivity index (χ3n) is 11.5. The Morgan fingerprint density at radius 2 is 0.841 bits per heavy atom. The summed E-state index contributed by atoms with van der Waals surface area (Å²) in [4.78, 5) is 37.2. The number of nitrogens with one attached hydrogen (secondary N) is 1. The van der Waals surface area contributed by atoms with Gasteiger partial charge in [-0.25, -0.2) is 24.9 Å². The Morgan fingerprint density at radius 1 is 0.420 bits per heavy atom. The number of halogens is 2. The molecule has 8 aromatic heterocycles. The minimum absolute atomic E-state index is 0. The van der Waals surface area contributed by atoms with Gasteiger partial charge in [-0.05, 0) is 72.8 Å². The third-order valence-corrected chi connectivity index (χ3v) is 12.4. The van der Waals surface area contributed by atoms with Crippen molar-refractivity contribution in [2.75, 3.05) is 13.2 Å².